The molecule has 4 heteroatoms. The van der Waals surface area contributed by atoms with E-state index < -0.39 is 5.97 Å². The van der Waals surface area contributed by atoms with E-state index in [1.165, 1.54) is 0 Å². The van der Waals surface area contributed by atoms with Gasteiger partial charge in [0.05, 0.1) is 11.0 Å². The second kappa shape index (κ2) is 3.38. The zero-order chi connectivity index (χ0) is 11.0. The van der Waals surface area contributed by atoms with Gasteiger partial charge in [-0.3, -0.25) is 4.79 Å². The Bertz CT molecular complexity index is 529. The molecule has 0 amide bonds. The van der Waals surface area contributed by atoms with E-state index in [1.54, 1.807) is 4.57 Å². The summed E-state index contributed by atoms with van der Waals surface area (Å²) >= 11 is 0. The molecule has 0 spiro atoms. The third-order valence-corrected chi connectivity index (χ3v) is 2.46. The summed E-state index contributed by atoms with van der Waals surface area (Å²) in [5.41, 5.74) is 2.84. The standard InChI is InChI=1S/C11H12N2O2/c1-7-4-3-5-9-11(7)12-8(2)13(9)6-10(14)15/h3-5H,6H2,1-2H3,(H,14,15). The topological polar surface area (TPSA) is 55.1 Å². The van der Waals surface area contributed by atoms with Crippen molar-refractivity contribution in [1.29, 1.82) is 0 Å². The highest BCUT2D eigenvalue weighted by molar-refractivity contribution is 5.81. The Labute approximate surface area is 87.2 Å². The van der Waals surface area contributed by atoms with Gasteiger partial charge in [0.15, 0.2) is 0 Å². The predicted octanol–water partition coefficient (Wildman–Crippen LogP) is 1.74. The number of rotatable bonds is 2. The van der Waals surface area contributed by atoms with Crippen molar-refractivity contribution < 1.29 is 9.90 Å². The van der Waals surface area contributed by atoms with Gasteiger partial charge in [0, 0.05) is 0 Å². The Balaban J connectivity index is 2.68. The van der Waals surface area contributed by atoms with Gasteiger partial charge in [0.1, 0.15) is 12.4 Å². The summed E-state index contributed by atoms with van der Waals surface area (Å²) < 4.78 is 1.71. The molecule has 0 fully saturated rings. The molecule has 78 valence electrons. The van der Waals surface area contributed by atoms with E-state index in [-0.39, 0.29) is 6.54 Å². The molecule has 4 nitrogen and oxygen atoms in total. The van der Waals surface area contributed by atoms with Crippen molar-refractivity contribution in [3.05, 3.63) is 29.6 Å². The number of carboxylic acid groups (broad SMARTS) is 1. The maximum absolute atomic E-state index is 10.7. The molecule has 0 atom stereocenters. The molecule has 1 aromatic carbocycles. The van der Waals surface area contributed by atoms with Gasteiger partial charge < -0.3 is 9.67 Å². The van der Waals surface area contributed by atoms with Gasteiger partial charge in [0.25, 0.3) is 0 Å². The molecule has 2 aromatic rings. The smallest absolute Gasteiger partial charge is 0.323 e. The highest BCUT2D eigenvalue weighted by Gasteiger charge is 2.10. The van der Waals surface area contributed by atoms with Gasteiger partial charge in [-0.1, -0.05) is 12.1 Å². The van der Waals surface area contributed by atoms with Crippen LogP contribution in [0.1, 0.15) is 11.4 Å². The van der Waals surface area contributed by atoms with Crippen molar-refractivity contribution in [3.8, 4) is 0 Å². The average molecular weight is 204 g/mol. The molecule has 1 heterocycles. The quantitative estimate of drug-likeness (QED) is 0.810. The van der Waals surface area contributed by atoms with E-state index in [9.17, 15) is 4.79 Å². The molecule has 0 aliphatic rings. The lowest BCUT2D eigenvalue weighted by Crippen LogP contribution is -2.09. The largest absolute Gasteiger partial charge is 0.480 e. The number of benzene rings is 1. The first-order valence-electron chi connectivity index (χ1n) is 4.74. The van der Waals surface area contributed by atoms with E-state index in [4.69, 9.17) is 5.11 Å². The Hall–Kier alpha value is -1.84. The lowest BCUT2D eigenvalue weighted by Gasteiger charge is -2.02. The maximum atomic E-state index is 10.7. The van der Waals surface area contributed by atoms with E-state index in [0.717, 1.165) is 22.4 Å². The van der Waals surface area contributed by atoms with Crippen LogP contribution < -0.4 is 0 Å². The normalized spacial score (nSPS) is 10.8. The van der Waals surface area contributed by atoms with E-state index >= 15 is 0 Å². The summed E-state index contributed by atoms with van der Waals surface area (Å²) in [6.07, 6.45) is 0. The number of carbonyl (C=O) groups is 1. The first-order chi connectivity index (χ1) is 7.09. The number of nitrogens with zero attached hydrogens (tertiary/aromatic N) is 2. The fourth-order valence-electron chi connectivity index (χ4n) is 1.74. The van der Waals surface area contributed by atoms with Gasteiger partial charge in [-0.05, 0) is 25.5 Å². The van der Waals surface area contributed by atoms with Gasteiger partial charge in [-0.15, -0.1) is 0 Å². The van der Waals surface area contributed by atoms with Crippen molar-refractivity contribution >= 4 is 17.0 Å². The number of fused-ring (bicyclic) bond motifs is 1. The number of para-hydroxylation sites is 1. The number of aliphatic carboxylic acids is 1. The lowest BCUT2D eigenvalue weighted by atomic mass is 10.2. The molecule has 1 aromatic heterocycles. The number of imidazole rings is 1. The van der Waals surface area contributed by atoms with Crippen molar-refractivity contribution in [3.63, 3.8) is 0 Å². The maximum Gasteiger partial charge on any atom is 0.323 e. The Morgan fingerprint density at radius 1 is 1.47 bits per heavy atom. The molecule has 0 aliphatic carbocycles. The molecule has 0 radical (unpaired) electrons. The van der Waals surface area contributed by atoms with E-state index in [2.05, 4.69) is 4.98 Å². The van der Waals surface area contributed by atoms with E-state index in [1.807, 2.05) is 32.0 Å². The minimum atomic E-state index is -0.848. The number of aryl methyl sites for hydroxylation is 2. The Morgan fingerprint density at radius 3 is 2.87 bits per heavy atom. The summed E-state index contributed by atoms with van der Waals surface area (Å²) in [4.78, 5) is 15.1. The minimum absolute atomic E-state index is 0.0359. The Kier molecular flexibility index (Phi) is 2.19. The third kappa shape index (κ3) is 1.58. The predicted molar refractivity (Wildman–Crippen MR) is 56.8 cm³/mol. The number of hydrogen-bond acceptors (Lipinski definition) is 2. The summed E-state index contributed by atoms with van der Waals surface area (Å²) in [5, 5.41) is 8.79. The second-order valence-electron chi connectivity index (χ2n) is 3.58. The monoisotopic (exact) mass is 204 g/mol. The number of hydrogen-bond donors (Lipinski definition) is 1. The first kappa shape index (κ1) is 9.71. The molecular formula is C11H12N2O2. The highest BCUT2D eigenvalue weighted by Crippen LogP contribution is 2.18. The zero-order valence-electron chi connectivity index (χ0n) is 8.69. The van der Waals surface area contributed by atoms with Gasteiger partial charge in [-0.2, -0.15) is 0 Å². The van der Waals surface area contributed by atoms with E-state index in [0.29, 0.717) is 0 Å². The molecule has 2 rings (SSSR count). The third-order valence-electron chi connectivity index (χ3n) is 2.46. The van der Waals surface area contributed by atoms with Crippen molar-refractivity contribution in [2.45, 2.75) is 20.4 Å². The van der Waals surface area contributed by atoms with Crippen LogP contribution >= 0.6 is 0 Å². The van der Waals surface area contributed by atoms with Crippen LogP contribution in [0, 0.1) is 13.8 Å². The van der Waals surface area contributed by atoms with Gasteiger partial charge >= 0.3 is 5.97 Å². The second-order valence-corrected chi connectivity index (χ2v) is 3.58. The van der Waals surface area contributed by atoms with Crippen LogP contribution in [-0.2, 0) is 11.3 Å². The fraction of sp³-hybridized carbons (Fsp3) is 0.273. The SMILES string of the molecule is Cc1cccc2c1nc(C)n2CC(=O)O. The van der Waals surface area contributed by atoms with Crippen LogP contribution in [0.3, 0.4) is 0 Å². The molecule has 0 unspecified atom stereocenters. The summed E-state index contributed by atoms with van der Waals surface area (Å²) in [7, 11) is 0. The van der Waals surface area contributed by atoms with Gasteiger partial charge in [0.2, 0.25) is 0 Å². The molecule has 0 saturated heterocycles. The molecule has 0 saturated carbocycles. The van der Waals surface area contributed by atoms with Gasteiger partial charge in [-0.25, -0.2) is 4.98 Å². The first-order valence-corrected chi connectivity index (χ1v) is 4.74. The highest BCUT2D eigenvalue weighted by atomic mass is 16.4. The summed E-state index contributed by atoms with van der Waals surface area (Å²) in [6.45, 7) is 3.76. The molecule has 0 bridgehead atoms. The molecule has 0 aliphatic heterocycles. The van der Waals surface area contributed by atoms with Crippen LogP contribution in [0.4, 0.5) is 0 Å². The van der Waals surface area contributed by atoms with Crippen molar-refractivity contribution in [2.75, 3.05) is 0 Å². The molecule has 15 heavy (non-hydrogen) atoms. The van der Waals surface area contributed by atoms with Crippen LogP contribution in [0.25, 0.3) is 11.0 Å². The van der Waals surface area contributed by atoms with Crippen molar-refractivity contribution in [2.24, 2.45) is 0 Å². The number of carboxylic acids is 1. The minimum Gasteiger partial charge on any atom is -0.480 e. The van der Waals surface area contributed by atoms with Crippen LogP contribution in [-0.4, -0.2) is 20.6 Å². The van der Waals surface area contributed by atoms with Crippen LogP contribution in [0.2, 0.25) is 0 Å². The van der Waals surface area contributed by atoms with Crippen LogP contribution in [0.5, 0.6) is 0 Å². The number of aromatic nitrogens is 2. The van der Waals surface area contributed by atoms with Crippen molar-refractivity contribution in [1.82, 2.24) is 9.55 Å². The Morgan fingerprint density at radius 2 is 2.20 bits per heavy atom. The molecular weight excluding hydrogens is 192 g/mol. The summed E-state index contributed by atoms with van der Waals surface area (Å²) in [5.74, 6) is -0.111. The average Bonchev–Trinajstić information content (AvgIpc) is 2.45. The lowest BCUT2D eigenvalue weighted by molar-refractivity contribution is -0.137. The van der Waals surface area contributed by atoms with Crippen LogP contribution in [0.15, 0.2) is 18.2 Å². The molecule has 1 N–H and O–H groups in total. The zero-order valence-corrected chi connectivity index (χ0v) is 8.69. The fourth-order valence-corrected chi connectivity index (χ4v) is 1.74. The summed E-state index contributed by atoms with van der Waals surface area (Å²) in [6, 6.07) is 5.78.